The van der Waals surface area contributed by atoms with Crippen LogP contribution in [0.1, 0.15) is 33.6 Å². The van der Waals surface area contributed by atoms with Gasteiger partial charge in [0.2, 0.25) is 0 Å². The molecule has 106 valence electrons. The van der Waals surface area contributed by atoms with Gasteiger partial charge in [-0.1, -0.05) is 26.0 Å². The first-order valence-electron chi connectivity index (χ1n) is 6.50. The molecule has 1 N–H and O–H groups in total. The van der Waals surface area contributed by atoms with Gasteiger partial charge >= 0.3 is 5.97 Å². The average molecular weight is 328 g/mol. The highest BCUT2D eigenvalue weighted by Crippen LogP contribution is 2.28. The van der Waals surface area contributed by atoms with Gasteiger partial charge in [0.1, 0.15) is 5.54 Å². The number of carbonyl (C=O) groups excluding carboxylic acids is 1. The Morgan fingerprint density at radius 3 is 2.58 bits per heavy atom. The van der Waals surface area contributed by atoms with Crippen LogP contribution in [0.4, 0.5) is 5.69 Å². The fourth-order valence-electron chi connectivity index (χ4n) is 1.88. The second-order valence-electron chi connectivity index (χ2n) is 5.36. The van der Waals surface area contributed by atoms with E-state index in [2.05, 4.69) is 35.1 Å². The molecular formula is C15H22BrNO2. The quantitative estimate of drug-likeness (QED) is 0.794. The number of rotatable bonds is 6. The van der Waals surface area contributed by atoms with Crippen molar-refractivity contribution in [2.24, 2.45) is 5.92 Å². The van der Waals surface area contributed by atoms with E-state index in [0.717, 1.165) is 23.0 Å². The first-order valence-corrected chi connectivity index (χ1v) is 7.29. The minimum Gasteiger partial charge on any atom is -0.467 e. The number of ether oxygens (including phenoxy) is 1. The maximum atomic E-state index is 12.1. The maximum absolute atomic E-state index is 12.1. The Kier molecular flexibility index (Phi) is 5.85. The van der Waals surface area contributed by atoms with Crippen molar-refractivity contribution in [2.75, 3.05) is 12.4 Å². The molecule has 1 unspecified atom stereocenters. The molecule has 0 saturated heterocycles. The smallest absolute Gasteiger partial charge is 0.331 e. The molecular weight excluding hydrogens is 306 g/mol. The molecule has 0 aromatic heterocycles. The van der Waals surface area contributed by atoms with Crippen molar-refractivity contribution in [3.8, 4) is 0 Å². The van der Waals surface area contributed by atoms with Crippen LogP contribution < -0.4 is 5.32 Å². The Morgan fingerprint density at radius 2 is 2.05 bits per heavy atom. The SMILES string of the molecule is COC(=O)C(C)(CCC(C)C)Nc1ccccc1Br. The van der Waals surface area contributed by atoms with Crippen LogP contribution in [0.3, 0.4) is 0 Å². The summed E-state index contributed by atoms with van der Waals surface area (Å²) in [5, 5.41) is 3.31. The molecule has 3 nitrogen and oxygen atoms in total. The van der Waals surface area contributed by atoms with E-state index >= 15 is 0 Å². The topological polar surface area (TPSA) is 38.3 Å². The minimum atomic E-state index is -0.705. The number of methoxy groups -OCH3 is 1. The van der Waals surface area contributed by atoms with Crippen molar-refractivity contribution in [3.05, 3.63) is 28.7 Å². The number of hydrogen-bond acceptors (Lipinski definition) is 3. The third-order valence-electron chi connectivity index (χ3n) is 3.14. The highest BCUT2D eigenvalue weighted by atomic mass is 79.9. The normalized spacial score (nSPS) is 14.0. The summed E-state index contributed by atoms with van der Waals surface area (Å²) >= 11 is 3.49. The Labute approximate surface area is 123 Å². The number of para-hydroxylation sites is 1. The van der Waals surface area contributed by atoms with Crippen LogP contribution in [0.5, 0.6) is 0 Å². The van der Waals surface area contributed by atoms with Crippen LogP contribution in [0.15, 0.2) is 28.7 Å². The van der Waals surface area contributed by atoms with Crippen LogP contribution in [0.25, 0.3) is 0 Å². The zero-order chi connectivity index (χ0) is 14.5. The van der Waals surface area contributed by atoms with Gasteiger partial charge in [-0.2, -0.15) is 0 Å². The molecule has 0 saturated carbocycles. The van der Waals surface area contributed by atoms with E-state index in [4.69, 9.17) is 4.74 Å². The van der Waals surface area contributed by atoms with Gasteiger partial charge in [-0.05, 0) is 53.7 Å². The van der Waals surface area contributed by atoms with E-state index in [9.17, 15) is 4.79 Å². The van der Waals surface area contributed by atoms with Gasteiger partial charge in [0, 0.05) is 10.2 Å². The number of esters is 1. The van der Waals surface area contributed by atoms with Crippen LogP contribution in [-0.4, -0.2) is 18.6 Å². The second kappa shape index (κ2) is 6.94. The number of hydrogen-bond donors (Lipinski definition) is 1. The second-order valence-corrected chi connectivity index (χ2v) is 6.22. The highest BCUT2D eigenvalue weighted by Gasteiger charge is 2.34. The van der Waals surface area contributed by atoms with E-state index in [1.54, 1.807) is 0 Å². The van der Waals surface area contributed by atoms with E-state index in [-0.39, 0.29) is 5.97 Å². The van der Waals surface area contributed by atoms with Gasteiger partial charge in [-0.25, -0.2) is 4.79 Å². The van der Waals surface area contributed by atoms with Crippen LogP contribution in [0.2, 0.25) is 0 Å². The van der Waals surface area contributed by atoms with Gasteiger partial charge in [-0.15, -0.1) is 0 Å². The molecule has 1 aromatic rings. The van der Waals surface area contributed by atoms with Crippen molar-refractivity contribution >= 4 is 27.6 Å². The number of carbonyl (C=O) groups is 1. The molecule has 0 aliphatic carbocycles. The fraction of sp³-hybridized carbons (Fsp3) is 0.533. The zero-order valence-electron chi connectivity index (χ0n) is 12.0. The molecule has 0 aliphatic rings. The summed E-state index contributed by atoms with van der Waals surface area (Å²) in [5.41, 5.74) is 0.197. The summed E-state index contributed by atoms with van der Waals surface area (Å²) in [4.78, 5) is 12.1. The third-order valence-corrected chi connectivity index (χ3v) is 3.83. The molecule has 1 atom stereocenters. The monoisotopic (exact) mass is 327 g/mol. The van der Waals surface area contributed by atoms with Crippen molar-refractivity contribution in [2.45, 2.75) is 39.2 Å². The molecule has 0 amide bonds. The van der Waals surface area contributed by atoms with Crippen LogP contribution >= 0.6 is 15.9 Å². The first kappa shape index (κ1) is 16.0. The minimum absolute atomic E-state index is 0.232. The lowest BCUT2D eigenvalue weighted by atomic mass is 9.91. The maximum Gasteiger partial charge on any atom is 0.331 e. The lowest BCUT2D eigenvalue weighted by molar-refractivity contribution is -0.145. The fourth-order valence-corrected chi connectivity index (χ4v) is 2.26. The van der Waals surface area contributed by atoms with Gasteiger partial charge < -0.3 is 10.1 Å². The summed E-state index contributed by atoms with van der Waals surface area (Å²) in [6.07, 6.45) is 1.70. The molecule has 1 rings (SSSR count). The summed E-state index contributed by atoms with van der Waals surface area (Å²) in [5.74, 6) is 0.314. The Bertz CT molecular complexity index is 434. The molecule has 0 bridgehead atoms. The average Bonchev–Trinajstić information content (AvgIpc) is 2.38. The molecule has 0 fully saturated rings. The van der Waals surface area contributed by atoms with Crippen molar-refractivity contribution in [1.82, 2.24) is 0 Å². The van der Waals surface area contributed by atoms with E-state index < -0.39 is 5.54 Å². The van der Waals surface area contributed by atoms with Gasteiger partial charge in [0.15, 0.2) is 0 Å². The lowest BCUT2D eigenvalue weighted by Crippen LogP contribution is -2.44. The molecule has 19 heavy (non-hydrogen) atoms. The zero-order valence-corrected chi connectivity index (χ0v) is 13.6. The summed E-state index contributed by atoms with van der Waals surface area (Å²) in [6, 6.07) is 7.77. The number of nitrogens with one attached hydrogen (secondary N) is 1. The summed E-state index contributed by atoms with van der Waals surface area (Å²) in [6.45, 7) is 6.19. The van der Waals surface area contributed by atoms with Gasteiger partial charge in [-0.3, -0.25) is 0 Å². The molecule has 4 heteroatoms. The Morgan fingerprint density at radius 1 is 1.42 bits per heavy atom. The van der Waals surface area contributed by atoms with Crippen LogP contribution in [-0.2, 0) is 9.53 Å². The molecule has 0 radical (unpaired) electrons. The van der Waals surface area contributed by atoms with E-state index in [1.807, 2.05) is 31.2 Å². The molecule has 0 aliphatic heterocycles. The number of benzene rings is 1. The van der Waals surface area contributed by atoms with Crippen molar-refractivity contribution in [3.63, 3.8) is 0 Å². The highest BCUT2D eigenvalue weighted by molar-refractivity contribution is 9.10. The molecule has 0 spiro atoms. The van der Waals surface area contributed by atoms with Gasteiger partial charge in [0.05, 0.1) is 7.11 Å². The van der Waals surface area contributed by atoms with Crippen molar-refractivity contribution < 1.29 is 9.53 Å². The lowest BCUT2D eigenvalue weighted by Gasteiger charge is -2.30. The van der Waals surface area contributed by atoms with E-state index in [0.29, 0.717) is 5.92 Å². The Hall–Kier alpha value is -1.03. The molecule has 1 aromatic carbocycles. The largest absolute Gasteiger partial charge is 0.467 e. The van der Waals surface area contributed by atoms with Crippen molar-refractivity contribution in [1.29, 1.82) is 0 Å². The van der Waals surface area contributed by atoms with Gasteiger partial charge in [0.25, 0.3) is 0 Å². The standard InChI is InChI=1S/C15H22BrNO2/c1-11(2)9-10-15(3,14(18)19-4)17-13-8-6-5-7-12(13)16/h5-8,11,17H,9-10H2,1-4H3. The van der Waals surface area contributed by atoms with E-state index in [1.165, 1.54) is 7.11 Å². The summed E-state index contributed by atoms with van der Waals surface area (Å²) in [7, 11) is 1.43. The van der Waals surface area contributed by atoms with Crippen LogP contribution in [0, 0.1) is 5.92 Å². The number of halogens is 1. The predicted molar refractivity (Wildman–Crippen MR) is 82.3 cm³/mol. The summed E-state index contributed by atoms with van der Waals surface area (Å²) < 4.78 is 5.88. The Balaban J connectivity index is 2.91. The third kappa shape index (κ3) is 4.53. The number of anilines is 1. The molecule has 0 heterocycles. The first-order chi connectivity index (χ1) is 8.89. The predicted octanol–water partition coefficient (Wildman–Crippen LogP) is 4.23.